The summed E-state index contributed by atoms with van der Waals surface area (Å²) in [6.07, 6.45) is 2.82. The van der Waals surface area contributed by atoms with Crippen LogP contribution in [0.2, 0.25) is 0 Å². The van der Waals surface area contributed by atoms with Crippen molar-refractivity contribution in [1.29, 1.82) is 0 Å². The molecule has 124 valence electrons. The summed E-state index contributed by atoms with van der Waals surface area (Å²) in [7, 11) is 1.35. The van der Waals surface area contributed by atoms with Gasteiger partial charge in [-0.25, -0.2) is 4.79 Å². The summed E-state index contributed by atoms with van der Waals surface area (Å²) in [5, 5.41) is 0. The quantitative estimate of drug-likeness (QED) is 0.802. The summed E-state index contributed by atoms with van der Waals surface area (Å²) in [6, 6.07) is 3.69. The van der Waals surface area contributed by atoms with Gasteiger partial charge in [-0.05, 0) is 43.0 Å². The summed E-state index contributed by atoms with van der Waals surface area (Å²) in [4.78, 5) is 26.6. The fraction of sp³-hybridized carbons (Fsp3) is 0.556. The molecule has 2 aliphatic rings. The second-order valence-electron chi connectivity index (χ2n) is 6.52. The van der Waals surface area contributed by atoms with Crippen LogP contribution in [0.1, 0.15) is 52.5 Å². The predicted octanol–water partition coefficient (Wildman–Crippen LogP) is 2.67. The molecule has 0 N–H and O–H groups in total. The molecular formula is C18H23NO4. The first kappa shape index (κ1) is 16.0. The van der Waals surface area contributed by atoms with E-state index < -0.39 is 5.97 Å². The molecule has 0 unspecified atom stereocenters. The molecule has 23 heavy (non-hydrogen) atoms. The van der Waals surface area contributed by atoms with Crippen molar-refractivity contribution in [3.63, 3.8) is 0 Å². The summed E-state index contributed by atoms with van der Waals surface area (Å²) in [6.45, 7) is 5.43. The average molecular weight is 317 g/mol. The van der Waals surface area contributed by atoms with Crippen molar-refractivity contribution in [2.24, 2.45) is 5.92 Å². The third kappa shape index (κ3) is 3.39. The molecule has 1 saturated heterocycles. The minimum Gasteiger partial charge on any atom is -0.491 e. The minimum absolute atomic E-state index is 0.0327. The molecular weight excluding hydrogens is 294 g/mol. The first-order valence-corrected chi connectivity index (χ1v) is 8.22. The molecule has 5 heteroatoms. The third-order valence-electron chi connectivity index (χ3n) is 4.58. The summed E-state index contributed by atoms with van der Waals surface area (Å²) < 4.78 is 10.4. The van der Waals surface area contributed by atoms with Gasteiger partial charge >= 0.3 is 5.97 Å². The molecule has 0 saturated carbocycles. The Morgan fingerprint density at radius 2 is 2.26 bits per heavy atom. The molecule has 0 radical (unpaired) electrons. The van der Waals surface area contributed by atoms with Crippen molar-refractivity contribution < 1.29 is 19.1 Å². The molecule has 1 aromatic rings. The number of rotatable bonds is 3. The van der Waals surface area contributed by atoms with Crippen molar-refractivity contribution in [2.75, 3.05) is 26.8 Å². The Balaban J connectivity index is 1.92. The zero-order chi connectivity index (χ0) is 16.4. The zero-order valence-electron chi connectivity index (χ0n) is 13.8. The van der Waals surface area contributed by atoms with Crippen molar-refractivity contribution in [1.82, 2.24) is 4.90 Å². The van der Waals surface area contributed by atoms with Gasteiger partial charge in [0.2, 0.25) is 0 Å². The number of carbonyl (C=O) groups excluding carboxylic acids is 2. The first-order chi connectivity index (χ1) is 11.1. The van der Waals surface area contributed by atoms with Gasteiger partial charge < -0.3 is 9.47 Å². The number of carbonyl (C=O) groups is 2. The highest BCUT2D eigenvalue weighted by atomic mass is 16.5. The van der Waals surface area contributed by atoms with E-state index in [0.717, 1.165) is 25.2 Å². The number of esters is 1. The molecule has 2 heterocycles. The SMILES string of the molecule is COC(=O)c1cc(CN2CCC[C@H](C)C2)cc2c1OCCC2=O. The monoisotopic (exact) mass is 317 g/mol. The van der Waals surface area contributed by atoms with Crippen LogP contribution in [-0.2, 0) is 11.3 Å². The van der Waals surface area contributed by atoms with Gasteiger partial charge in [0, 0.05) is 19.5 Å². The molecule has 1 fully saturated rings. The van der Waals surface area contributed by atoms with Crippen LogP contribution < -0.4 is 4.74 Å². The maximum absolute atomic E-state index is 12.2. The summed E-state index contributed by atoms with van der Waals surface area (Å²) in [5.74, 6) is 0.644. The number of Topliss-reactive ketones (excluding diaryl/α,β-unsaturated/α-hetero) is 1. The molecule has 0 aliphatic carbocycles. The summed E-state index contributed by atoms with van der Waals surface area (Å²) >= 11 is 0. The number of hydrogen-bond acceptors (Lipinski definition) is 5. The highest BCUT2D eigenvalue weighted by molar-refractivity contribution is 6.04. The van der Waals surface area contributed by atoms with Crippen molar-refractivity contribution in [3.8, 4) is 5.75 Å². The van der Waals surface area contributed by atoms with E-state index in [1.807, 2.05) is 12.1 Å². The number of likely N-dealkylation sites (tertiary alicyclic amines) is 1. The zero-order valence-corrected chi connectivity index (χ0v) is 13.8. The Kier molecular flexibility index (Phi) is 4.66. The number of piperidine rings is 1. The van der Waals surface area contributed by atoms with E-state index in [9.17, 15) is 9.59 Å². The Bertz CT molecular complexity index is 626. The fourth-order valence-corrected chi connectivity index (χ4v) is 3.47. The molecule has 5 nitrogen and oxygen atoms in total. The van der Waals surface area contributed by atoms with Crippen LogP contribution >= 0.6 is 0 Å². The van der Waals surface area contributed by atoms with Crippen LogP contribution in [0.5, 0.6) is 5.75 Å². The van der Waals surface area contributed by atoms with E-state index in [4.69, 9.17) is 9.47 Å². The third-order valence-corrected chi connectivity index (χ3v) is 4.58. The van der Waals surface area contributed by atoms with Gasteiger partial charge in [0.25, 0.3) is 0 Å². The van der Waals surface area contributed by atoms with Crippen molar-refractivity contribution >= 4 is 11.8 Å². The van der Waals surface area contributed by atoms with Gasteiger partial charge in [-0.1, -0.05) is 6.92 Å². The molecule has 2 aliphatic heterocycles. The smallest absolute Gasteiger partial charge is 0.341 e. The van der Waals surface area contributed by atoms with Crippen LogP contribution in [0.25, 0.3) is 0 Å². The fourth-order valence-electron chi connectivity index (χ4n) is 3.47. The lowest BCUT2D eigenvalue weighted by Crippen LogP contribution is -2.34. The molecule has 0 bridgehead atoms. The molecule has 1 atom stereocenters. The maximum atomic E-state index is 12.2. The first-order valence-electron chi connectivity index (χ1n) is 8.22. The number of ketones is 1. The van der Waals surface area contributed by atoms with Gasteiger partial charge in [0.15, 0.2) is 5.78 Å². The lowest BCUT2D eigenvalue weighted by atomic mass is 9.96. The van der Waals surface area contributed by atoms with Crippen LogP contribution in [0.3, 0.4) is 0 Å². The lowest BCUT2D eigenvalue weighted by Gasteiger charge is -2.31. The van der Waals surface area contributed by atoms with Crippen LogP contribution in [-0.4, -0.2) is 43.5 Å². The lowest BCUT2D eigenvalue weighted by molar-refractivity contribution is 0.0594. The number of hydrogen-bond donors (Lipinski definition) is 0. The molecule has 0 aromatic heterocycles. The summed E-state index contributed by atoms with van der Waals surface area (Å²) in [5.41, 5.74) is 1.84. The van der Waals surface area contributed by atoms with Crippen molar-refractivity contribution in [3.05, 3.63) is 28.8 Å². The molecule has 0 amide bonds. The predicted molar refractivity (Wildman–Crippen MR) is 85.9 cm³/mol. The number of methoxy groups -OCH3 is 1. The van der Waals surface area contributed by atoms with E-state index in [2.05, 4.69) is 11.8 Å². The van der Waals surface area contributed by atoms with E-state index in [-0.39, 0.29) is 5.78 Å². The molecule has 1 aromatic carbocycles. The van der Waals surface area contributed by atoms with E-state index in [1.165, 1.54) is 20.0 Å². The van der Waals surface area contributed by atoms with Crippen LogP contribution in [0.4, 0.5) is 0 Å². The van der Waals surface area contributed by atoms with Crippen LogP contribution in [0.15, 0.2) is 12.1 Å². The Labute approximate surface area is 136 Å². The van der Waals surface area contributed by atoms with E-state index >= 15 is 0 Å². The second-order valence-corrected chi connectivity index (χ2v) is 6.52. The number of fused-ring (bicyclic) bond motifs is 1. The highest BCUT2D eigenvalue weighted by Gasteiger charge is 2.27. The Morgan fingerprint density at radius 3 is 3.00 bits per heavy atom. The van der Waals surface area contributed by atoms with Gasteiger partial charge in [-0.2, -0.15) is 0 Å². The number of nitrogens with zero attached hydrogens (tertiary/aromatic N) is 1. The van der Waals surface area contributed by atoms with E-state index in [0.29, 0.717) is 35.8 Å². The van der Waals surface area contributed by atoms with Gasteiger partial charge in [-0.3, -0.25) is 9.69 Å². The van der Waals surface area contributed by atoms with Crippen LogP contribution in [0, 0.1) is 5.92 Å². The standard InChI is InChI=1S/C18H23NO4/c1-12-4-3-6-19(10-12)11-13-8-14-16(20)5-7-23-17(14)15(9-13)18(21)22-2/h8-9,12H,3-7,10-11H2,1-2H3/t12-/m0/s1. The van der Waals surface area contributed by atoms with Gasteiger partial charge in [-0.15, -0.1) is 0 Å². The molecule has 0 spiro atoms. The normalized spacial score (nSPS) is 21.5. The number of benzene rings is 1. The minimum atomic E-state index is -0.454. The average Bonchev–Trinajstić information content (AvgIpc) is 2.54. The Hall–Kier alpha value is -1.88. The topological polar surface area (TPSA) is 55.8 Å². The Morgan fingerprint density at radius 1 is 1.43 bits per heavy atom. The highest BCUT2D eigenvalue weighted by Crippen LogP contribution is 2.32. The largest absolute Gasteiger partial charge is 0.491 e. The van der Waals surface area contributed by atoms with Gasteiger partial charge in [0.1, 0.15) is 11.3 Å². The van der Waals surface area contributed by atoms with Gasteiger partial charge in [0.05, 0.1) is 19.3 Å². The number of ether oxygens (including phenoxy) is 2. The second kappa shape index (κ2) is 6.71. The van der Waals surface area contributed by atoms with Crippen molar-refractivity contribution in [2.45, 2.75) is 32.7 Å². The van der Waals surface area contributed by atoms with E-state index in [1.54, 1.807) is 0 Å². The molecule has 3 rings (SSSR count). The maximum Gasteiger partial charge on any atom is 0.341 e.